The molecule has 0 heterocycles. The van der Waals surface area contributed by atoms with Gasteiger partial charge in [-0.25, -0.2) is 0 Å². The average Bonchev–Trinajstić information content (AvgIpc) is 2.50. The highest BCUT2D eigenvalue weighted by Crippen LogP contribution is 2.23. The lowest BCUT2D eigenvalue weighted by Crippen LogP contribution is -2.36. The molecular formula is C19H21BrN2O2. The Morgan fingerprint density at radius 2 is 1.75 bits per heavy atom. The molecule has 0 radical (unpaired) electrons. The lowest BCUT2D eigenvalue weighted by Gasteiger charge is -2.21. The molecule has 126 valence electrons. The van der Waals surface area contributed by atoms with E-state index in [1.165, 1.54) is 11.8 Å². The highest BCUT2D eigenvalue weighted by Gasteiger charge is 2.17. The van der Waals surface area contributed by atoms with Crippen LogP contribution < -0.4 is 10.2 Å². The highest BCUT2D eigenvalue weighted by atomic mass is 79.9. The van der Waals surface area contributed by atoms with Crippen LogP contribution in [0.3, 0.4) is 0 Å². The Balaban J connectivity index is 2.16. The van der Waals surface area contributed by atoms with Crippen LogP contribution in [0.2, 0.25) is 0 Å². The van der Waals surface area contributed by atoms with Gasteiger partial charge in [0.25, 0.3) is 0 Å². The highest BCUT2D eigenvalue weighted by molar-refractivity contribution is 9.10. The van der Waals surface area contributed by atoms with E-state index in [-0.39, 0.29) is 18.4 Å². The van der Waals surface area contributed by atoms with E-state index in [9.17, 15) is 9.59 Å². The summed E-state index contributed by atoms with van der Waals surface area (Å²) in [7, 11) is 0. The summed E-state index contributed by atoms with van der Waals surface area (Å²) >= 11 is 3.44. The third kappa shape index (κ3) is 4.45. The normalized spacial score (nSPS) is 10.4. The fraction of sp³-hybridized carbons (Fsp3) is 0.263. The van der Waals surface area contributed by atoms with Crippen LogP contribution in [0.4, 0.5) is 11.4 Å². The quantitative estimate of drug-likeness (QED) is 0.845. The van der Waals surface area contributed by atoms with Crippen LogP contribution in [0.15, 0.2) is 40.9 Å². The molecular weight excluding hydrogens is 368 g/mol. The summed E-state index contributed by atoms with van der Waals surface area (Å²) < 4.78 is 0.967. The van der Waals surface area contributed by atoms with E-state index in [1.54, 1.807) is 0 Å². The number of anilines is 2. The number of aryl methyl sites for hydroxylation is 3. The maximum Gasteiger partial charge on any atom is 0.244 e. The molecule has 0 aliphatic heterocycles. The van der Waals surface area contributed by atoms with Crippen molar-refractivity contribution < 1.29 is 9.59 Å². The van der Waals surface area contributed by atoms with E-state index in [4.69, 9.17) is 0 Å². The molecule has 0 atom stereocenters. The maximum atomic E-state index is 12.4. The molecule has 0 aliphatic rings. The molecule has 2 rings (SSSR count). The number of benzene rings is 2. The molecule has 0 unspecified atom stereocenters. The number of hydrogen-bond donors (Lipinski definition) is 1. The van der Waals surface area contributed by atoms with E-state index < -0.39 is 0 Å². The molecule has 0 saturated heterocycles. The topological polar surface area (TPSA) is 49.4 Å². The Morgan fingerprint density at radius 3 is 2.33 bits per heavy atom. The average molecular weight is 389 g/mol. The Kier molecular flexibility index (Phi) is 5.78. The number of hydrogen-bond acceptors (Lipinski definition) is 2. The number of rotatable bonds is 4. The van der Waals surface area contributed by atoms with Gasteiger partial charge in [-0.3, -0.25) is 9.59 Å². The van der Waals surface area contributed by atoms with Gasteiger partial charge in [-0.15, -0.1) is 0 Å². The molecule has 2 aromatic rings. The van der Waals surface area contributed by atoms with Crippen molar-refractivity contribution in [2.45, 2.75) is 27.7 Å². The van der Waals surface area contributed by atoms with Gasteiger partial charge in [-0.05, 0) is 56.2 Å². The van der Waals surface area contributed by atoms with Crippen molar-refractivity contribution in [3.8, 4) is 0 Å². The second-order valence-corrected chi connectivity index (χ2v) is 6.76. The van der Waals surface area contributed by atoms with Gasteiger partial charge in [0.1, 0.15) is 6.54 Å². The second kappa shape index (κ2) is 7.62. The minimum absolute atomic E-state index is 0.0241. The van der Waals surface area contributed by atoms with E-state index in [2.05, 4.69) is 21.2 Å². The van der Waals surface area contributed by atoms with Gasteiger partial charge in [0, 0.05) is 22.8 Å². The van der Waals surface area contributed by atoms with Crippen molar-refractivity contribution in [3.05, 3.63) is 57.6 Å². The molecule has 0 saturated carbocycles. The van der Waals surface area contributed by atoms with Gasteiger partial charge in [-0.2, -0.15) is 0 Å². The molecule has 0 fully saturated rings. The number of carbonyl (C=O) groups excluding carboxylic acids is 2. The summed E-state index contributed by atoms with van der Waals surface area (Å²) in [4.78, 5) is 25.8. The second-order valence-electron chi connectivity index (χ2n) is 5.91. The maximum absolute atomic E-state index is 12.4. The molecule has 2 amide bonds. The third-order valence-corrected chi connectivity index (χ3v) is 4.68. The Hall–Kier alpha value is -2.14. The lowest BCUT2D eigenvalue weighted by molar-refractivity contribution is -0.120. The minimum Gasteiger partial charge on any atom is -0.324 e. The van der Waals surface area contributed by atoms with Gasteiger partial charge in [0.2, 0.25) is 11.8 Å². The smallest absolute Gasteiger partial charge is 0.244 e. The van der Waals surface area contributed by atoms with Gasteiger partial charge in [0.15, 0.2) is 0 Å². The predicted molar refractivity (Wildman–Crippen MR) is 101 cm³/mol. The van der Waals surface area contributed by atoms with Crippen molar-refractivity contribution in [1.29, 1.82) is 0 Å². The van der Waals surface area contributed by atoms with Crippen molar-refractivity contribution in [1.82, 2.24) is 0 Å². The number of amides is 2. The van der Waals surface area contributed by atoms with Crippen molar-refractivity contribution >= 4 is 39.1 Å². The van der Waals surface area contributed by atoms with E-state index in [0.29, 0.717) is 5.69 Å². The van der Waals surface area contributed by atoms with Gasteiger partial charge < -0.3 is 10.2 Å². The van der Waals surface area contributed by atoms with Crippen LogP contribution in [0.1, 0.15) is 23.6 Å². The standard InChI is InChI=1S/C19H21BrN2O2/c1-12-5-8-18(14(3)9-12)21-19(24)11-22(15(4)23)16-6-7-17(20)13(2)10-16/h5-10H,11H2,1-4H3,(H,21,24). The molecule has 24 heavy (non-hydrogen) atoms. The predicted octanol–water partition coefficient (Wildman–Crippen LogP) is 4.37. The number of nitrogens with one attached hydrogen (secondary N) is 1. The van der Waals surface area contributed by atoms with Crippen LogP contribution in [0.25, 0.3) is 0 Å². The largest absolute Gasteiger partial charge is 0.324 e. The number of halogens is 1. The lowest BCUT2D eigenvalue weighted by atomic mass is 10.1. The SMILES string of the molecule is CC(=O)N(CC(=O)Nc1ccc(C)cc1C)c1ccc(Br)c(C)c1. The van der Waals surface area contributed by atoms with E-state index in [1.807, 2.05) is 57.2 Å². The fourth-order valence-corrected chi connectivity index (χ4v) is 2.71. The van der Waals surface area contributed by atoms with Crippen LogP contribution in [-0.2, 0) is 9.59 Å². The van der Waals surface area contributed by atoms with Gasteiger partial charge >= 0.3 is 0 Å². The first kappa shape index (κ1) is 18.2. The van der Waals surface area contributed by atoms with Crippen LogP contribution in [0.5, 0.6) is 0 Å². The summed E-state index contributed by atoms with van der Waals surface area (Å²) in [5.74, 6) is -0.398. The van der Waals surface area contributed by atoms with E-state index in [0.717, 1.165) is 26.9 Å². The fourth-order valence-electron chi connectivity index (χ4n) is 2.47. The van der Waals surface area contributed by atoms with Crippen molar-refractivity contribution in [3.63, 3.8) is 0 Å². The molecule has 0 aliphatic carbocycles. The van der Waals surface area contributed by atoms with Gasteiger partial charge in [-0.1, -0.05) is 33.6 Å². The summed E-state index contributed by atoms with van der Waals surface area (Å²) in [5.41, 5.74) is 4.62. The molecule has 0 spiro atoms. The van der Waals surface area contributed by atoms with Crippen molar-refractivity contribution in [2.24, 2.45) is 0 Å². The van der Waals surface area contributed by atoms with Crippen molar-refractivity contribution in [2.75, 3.05) is 16.8 Å². The van der Waals surface area contributed by atoms with Crippen LogP contribution >= 0.6 is 15.9 Å². The molecule has 4 nitrogen and oxygen atoms in total. The number of nitrogens with zero attached hydrogens (tertiary/aromatic N) is 1. The Morgan fingerprint density at radius 1 is 1.04 bits per heavy atom. The zero-order valence-corrected chi connectivity index (χ0v) is 15.9. The Labute approximate surface area is 151 Å². The van der Waals surface area contributed by atoms with Crippen LogP contribution in [0, 0.1) is 20.8 Å². The summed E-state index contributed by atoms with van der Waals surface area (Å²) in [6.45, 7) is 7.34. The minimum atomic E-state index is -0.224. The Bertz CT molecular complexity index is 787. The summed E-state index contributed by atoms with van der Waals surface area (Å²) in [6, 6.07) is 11.4. The van der Waals surface area contributed by atoms with E-state index >= 15 is 0 Å². The molecule has 5 heteroatoms. The van der Waals surface area contributed by atoms with Crippen LogP contribution in [-0.4, -0.2) is 18.4 Å². The molecule has 0 bridgehead atoms. The third-order valence-electron chi connectivity index (χ3n) is 3.79. The first-order valence-electron chi connectivity index (χ1n) is 7.69. The molecule has 0 aromatic heterocycles. The zero-order chi connectivity index (χ0) is 17.9. The first-order valence-corrected chi connectivity index (χ1v) is 8.48. The zero-order valence-electron chi connectivity index (χ0n) is 14.3. The monoisotopic (exact) mass is 388 g/mol. The molecule has 2 aromatic carbocycles. The van der Waals surface area contributed by atoms with Gasteiger partial charge in [0.05, 0.1) is 0 Å². The first-order chi connectivity index (χ1) is 11.3. The number of carbonyl (C=O) groups is 2. The summed E-state index contributed by atoms with van der Waals surface area (Å²) in [5, 5.41) is 2.88. The summed E-state index contributed by atoms with van der Waals surface area (Å²) in [6.07, 6.45) is 0. The molecule has 1 N–H and O–H groups in total.